The van der Waals surface area contributed by atoms with Crippen molar-refractivity contribution >= 4 is 43.2 Å². The van der Waals surface area contributed by atoms with Crippen LogP contribution < -0.4 is 0 Å². The van der Waals surface area contributed by atoms with E-state index in [2.05, 4.69) is 20.8 Å². The molecule has 1 aromatic carbocycles. The highest BCUT2D eigenvalue weighted by atomic mass is 32.2. The minimum absolute atomic E-state index is 0.0187. The van der Waals surface area contributed by atoms with Gasteiger partial charge >= 0.3 is 17.9 Å². The fourth-order valence-corrected chi connectivity index (χ4v) is 10.5. The number of hydrogen-bond acceptors (Lipinski definition) is 15. The van der Waals surface area contributed by atoms with E-state index in [4.69, 9.17) is 43.4 Å². The van der Waals surface area contributed by atoms with Gasteiger partial charge in [-0.25, -0.2) is 4.79 Å². The summed E-state index contributed by atoms with van der Waals surface area (Å²) in [6, 6.07) is 9.52. The van der Waals surface area contributed by atoms with Crippen LogP contribution in [-0.4, -0.2) is 112 Å². The van der Waals surface area contributed by atoms with Gasteiger partial charge in [0.2, 0.25) is 12.9 Å². The van der Waals surface area contributed by atoms with Gasteiger partial charge in [0.15, 0.2) is 11.9 Å². The van der Waals surface area contributed by atoms with Crippen LogP contribution in [0.5, 0.6) is 0 Å². The maximum atomic E-state index is 14.1. The number of hydrogen-bond donors (Lipinski definition) is 1. The van der Waals surface area contributed by atoms with E-state index in [1.54, 1.807) is 20.8 Å². The first-order valence-corrected chi connectivity index (χ1v) is 24.5. The zero-order chi connectivity index (χ0) is 48.8. The van der Waals surface area contributed by atoms with Gasteiger partial charge in [0.05, 0.1) is 63.4 Å². The molecule has 5 rings (SSSR count). The second kappa shape index (κ2) is 25.0. The predicted octanol–water partition coefficient (Wildman–Crippen LogP) is 7.73. The number of methoxy groups -OCH3 is 1. The molecule has 0 bridgehead atoms. The molecule has 367 valence electrons. The molecule has 1 aromatic rings. The molecule has 3 saturated heterocycles. The molecule has 1 N–H and O–H groups in total. The molecule has 4 aliphatic rings. The maximum Gasteiger partial charge on any atom is 0.330 e. The van der Waals surface area contributed by atoms with E-state index < -0.39 is 65.4 Å². The SMILES string of the molecule is [3H][B]SO[C@@H](CC(=O)O[C@H](C[C@@H]1C/C(=C\C(=O)OC)C(OC(C)=O)[C@](O)(C(C)(C)/C=C/C=O)O1)[C@@H](C)OCc1ccccc1)C[C@@H]1CCC[C@H](C[C@@H]2CCO[C@@]3(C[C@H](C)CC[C@H]3C(C)C)O2)O1. The molecule has 1 radical (unpaired) electrons. The third kappa shape index (κ3) is 14.7. The lowest BCUT2D eigenvalue weighted by molar-refractivity contribution is -0.342. The standard InChI is InChI=1S/C50H74BO14S/c1-32(2)43-19-18-33(3)30-49(43)59-23-20-40(63-49)26-38-16-12-17-39(61-38)27-42(65-66-51)29-46(55)62-44(34(4)58-31-36-14-10-9-11-15-36)28-41-24-37(25-45(54)57-8)47(60-35(5)53)50(56,64-41)48(6,7)21-13-22-52/h9-11,13-15,21-22,25,32-34,38-44,47,51,56H,12,16-20,23-24,26-31H2,1-8H3/b21-13+,37-25+/t33-,34-,38-,39+,40+,41+,42-,43+,44-,47?,49+,50-/m1/s1/i51T. The molecule has 1 unspecified atom stereocenters. The lowest BCUT2D eigenvalue weighted by Gasteiger charge is -2.51. The zero-order valence-corrected chi connectivity index (χ0v) is 41.0. The van der Waals surface area contributed by atoms with Crippen molar-refractivity contribution in [1.29, 1.82) is 1.34 Å². The monoisotopic (exact) mass is 943 g/mol. The highest BCUT2D eigenvalue weighted by Crippen LogP contribution is 2.48. The predicted molar refractivity (Wildman–Crippen MR) is 250 cm³/mol. The average Bonchev–Trinajstić information content (AvgIpc) is 3.27. The molecule has 12 atom stereocenters. The number of esters is 3. The fourth-order valence-electron chi connectivity index (χ4n) is 10.2. The molecule has 16 heteroatoms. The van der Waals surface area contributed by atoms with Crippen molar-refractivity contribution in [2.45, 2.75) is 193 Å². The highest BCUT2D eigenvalue weighted by molar-refractivity contribution is 8.15. The average molecular weight is 944 g/mol. The Labute approximate surface area is 398 Å². The van der Waals surface area contributed by atoms with Crippen molar-refractivity contribution in [2.24, 2.45) is 23.2 Å². The second-order valence-electron chi connectivity index (χ2n) is 19.6. The number of carbonyl (C=O) groups is 4. The minimum Gasteiger partial charge on any atom is -0.466 e. The highest BCUT2D eigenvalue weighted by Gasteiger charge is 2.57. The van der Waals surface area contributed by atoms with E-state index in [1.165, 1.54) is 32.6 Å². The molecule has 1 spiro atoms. The lowest BCUT2D eigenvalue weighted by Crippen LogP contribution is -2.62. The van der Waals surface area contributed by atoms with Gasteiger partial charge in [0.1, 0.15) is 12.4 Å². The van der Waals surface area contributed by atoms with Gasteiger partial charge < -0.3 is 47.2 Å². The Balaban J connectivity index is 1.32. The van der Waals surface area contributed by atoms with Gasteiger partial charge in [-0.05, 0) is 82.3 Å². The molecule has 0 amide bonds. The first kappa shape index (κ1) is 52.3. The molecule has 0 aromatic heterocycles. The van der Waals surface area contributed by atoms with Crippen LogP contribution in [0.4, 0.5) is 0 Å². The Morgan fingerprint density at radius 2 is 1.79 bits per heavy atom. The van der Waals surface area contributed by atoms with Gasteiger partial charge in [-0.15, -0.1) is 0 Å². The van der Waals surface area contributed by atoms with Gasteiger partial charge in [0.25, 0.3) is 0 Å². The molecular formula is C50H74BO14S. The van der Waals surface area contributed by atoms with Crippen LogP contribution in [0, 0.1) is 23.2 Å². The summed E-state index contributed by atoms with van der Waals surface area (Å²) in [5.41, 5.74) is -0.273. The van der Waals surface area contributed by atoms with Crippen molar-refractivity contribution in [1.82, 2.24) is 0 Å². The summed E-state index contributed by atoms with van der Waals surface area (Å²) in [6.07, 6.45) is 6.94. The van der Waals surface area contributed by atoms with Gasteiger partial charge in [-0.2, -0.15) is 0 Å². The molecule has 1 aliphatic carbocycles. The molecule has 1 saturated carbocycles. The Kier molecular flexibility index (Phi) is 19.8. The number of allylic oxidation sites excluding steroid dienone is 1. The Morgan fingerprint density at radius 3 is 2.48 bits per heavy atom. The van der Waals surface area contributed by atoms with Gasteiger partial charge in [-0.3, -0.25) is 14.4 Å². The normalized spacial score (nSPS) is 31.8. The molecule has 66 heavy (non-hydrogen) atoms. The summed E-state index contributed by atoms with van der Waals surface area (Å²) in [7, 11) is 2.27. The van der Waals surface area contributed by atoms with E-state index in [9.17, 15) is 24.3 Å². The maximum absolute atomic E-state index is 14.1. The smallest absolute Gasteiger partial charge is 0.330 e. The van der Waals surface area contributed by atoms with Crippen LogP contribution >= 0.6 is 11.9 Å². The third-order valence-corrected chi connectivity index (χ3v) is 14.0. The minimum atomic E-state index is -2.31. The number of aliphatic hydroxyl groups is 1. The van der Waals surface area contributed by atoms with E-state index >= 15 is 0 Å². The molecular weight excluding hydrogens is 867 g/mol. The van der Waals surface area contributed by atoms with Gasteiger partial charge in [0, 0.05) is 43.6 Å². The van der Waals surface area contributed by atoms with Crippen LogP contribution in [0.15, 0.2) is 54.1 Å². The van der Waals surface area contributed by atoms with Crippen molar-refractivity contribution < 1.29 is 66.4 Å². The Morgan fingerprint density at radius 1 is 1.03 bits per heavy atom. The summed E-state index contributed by atoms with van der Waals surface area (Å²) >= 11 is 0.834. The molecule has 14 nitrogen and oxygen atoms in total. The van der Waals surface area contributed by atoms with Crippen molar-refractivity contribution in [3.63, 3.8) is 0 Å². The van der Waals surface area contributed by atoms with E-state index in [0.29, 0.717) is 37.1 Å². The summed E-state index contributed by atoms with van der Waals surface area (Å²) < 4.78 is 63.4. The summed E-state index contributed by atoms with van der Waals surface area (Å²) in [5.74, 6) is -3.62. The molecule has 3 heterocycles. The van der Waals surface area contributed by atoms with Crippen LogP contribution in [0.1, 0.15) is 131 Å². The quantitative estimate of drug-likeness (QED) is 0.0299. The van der Waals surface area contributed by atoms with Crippen LogP contribution in [-0.2, 0) is 67.9 Å². The fraction of sp³-hybridized carbons (Fsp3) is 0.720. The van der Waals surface area contributed by atoms with Crippen LogP contribution in [0.3, 0.4) is 0 Å². The molecule has 3 aliphatic heterocycles. The number of aldehydes is 1. The number of benzene rings is 1. The topological polar surface area (TPSA) is 172 Å². The van der Waals surface area contributed by atoms with Crippen LogP contribution in [0.2, 0.25) is 0 Å². The summed E-state index contributed by atoms with van der Waals surface area (Å²) in [4.78, 5) is 50.7. The third-order valence-electron chi connectivity index (χ3n) is 13.7. The Hall–Kier alpha value is -3.09. The van der Waals surface area contributed by atoms with E-state index in [1.807, 2.05) is 30.3 Å². The van der Waals surface area contributed by atoms with Crippen molar-refractivity contribution in [3.8, 4) is 0 Å². The summed E-state index contributed by atoms with van der Waals surface area (Å²) in [5, 5.41) is 12.5. The first-order chi connectivity index (χ1) is 31.9. The first-order valence-electron chi connectivity index (χ1n) is 24.3. The van der Waals surface area contributed by atoms with Crippen molar-refractivity contribution in [2.75, 3.05) is 13.7 Å². The second-order valence-corrected chi connectivity index (χ2v) is 20.0. The zero-order valence-electron chi connectivity index (χ0n) is 41.2. The van der Waals surface area contributed by atoms with E-state index in [-0.39, 0.29) is 49.8 Å². The van der Waals surface area contributed by atoms with Gasteiger partial charge in [-0.1, -0.05) is 89.3 Å². The number of rotatable bonds is 22. The summed E-state index contributed by atoms with van der Waals surface area (Å²) in [6.45, 7) is 13.8. The van der Waals surface area contributed by atoms with Crippen molar-refractivity contribution in [3.05, 3.63) is 59.7 Å². The number of carbonyl (C=O) groups excluding carboxylic acids is 4. The Bertz CT molecular complexity index is 1820. The largest absolute Gasteiger partial charge is 0.466 e. The number of ether oxygens (including phenoxy) is 8. The van der Waals surface area contributed by atoms with E-state index in [0.717, 1.165) is 75.6 Å². The lowest BCUT2D eigenvalue weighted by atomic mass is 9.72. The van der Waals surface area contributed by atoms with Crippen LogP contribution in [0.25, 0.3) is 0 Å². The molecule has 4 fully saturated rings.